The van der Waals surface area contributed by atoms with Crippen LogP contribution in [0.1, 0.15) is 102 Å². The zero-order valence-electron chi connectivity index (χ0n) is 36.1. The Bertz CT molecular complexity index is 2200. The maximum absolute atomic E-state index is 14.3. The van der Waals surface area contributed by atoms with Crippen molar-refractivity contribution in [3.05, 3.63) is 68.6 Å². The van der Waals surface area contributed by atoms with E-state index >= 15 is 0 Å². The van der Waals surface area contributed by atoms with Gasteiger partial charge in [-0.3, -0.25) is 28.8 Å². The van der Waals surface area contributed by atoms with Crippen LogP contribution in [0.25, 0.3) is 22.1 Å². The molecule has 0 aliphatic carbocycles. The highest BCUT2D eigenvalue weighted by molar-refractivity contribution is 5.88. The van der Waals surface area contributed by atoms with E-state index in [0.29, 0.717) is 5.56 Å². The Balaban J connectivity index is 2.03. The summed E-state index contributed by atoms with van der Waals surface area (Å²) in [5.41, 5.74) is -4.83. The number of ether oxygens (including phenoxy) is 6. The second-order valence-corrected chi connectivity index (χ2v) is 18.6. The SMILES string of the molecule is CC(=O)Oc1ccc2c(=O)c(-c3ccc(OC(=O)C(C)(C)C)cc3)coc2c1[C@@H]1O[C@H](CO[N+](=O)[O-])[C@@H](OC(=O)C(C)(C)C)[C@H](OC(=O)C(C)(C)C)[C@H]1OC(=O)C(C)(C)C. The van der Waals surface area contributed by atoms with E-state index in [0.717, 1.165) is 13.2 Å². The normalized spacial score (nSPS) is 19.8. The van der Waals surface area contributed by atoms with Crippen LogP contribution < -0.4 is 14.9 Å². The minimum atomic E-state index is -1.75. The number of fused-ring (bicyclic) bond motifs is 1. The molecule has 4 rings (SSSR count). The van der Waals surface area contributed by atoms with Gasteiger partial charge in [0.1, 0.15) is 42.2 Å². The fraction of sp³-hybridized carbons (Fsp3) is 0.535. The molecule has 3 aromatic rings. The fourth-order valence-electron chi connectivity index (χ4n) is 5.60. The zero-order valence-corrected chi connectivity index (χ0v) is 36.1. The number of hydrogen-bond donors (Lipinski definition) is 0. The van der Waals surface area contributed by atoms with Crippen molar-refractivity contribution in [3.63, 3.8) is 0 Å². The Morgan fingerprint density at radius 1 is 0.683 bits per heavy atom. The van der Waals surface area contributed by atoms with Crippen LogP contribution in [0.2, 0.25) is 0 Å². The van der Waals surface area contributed by atoms with Crippen LogP contribution in [0.4, 0.5) is 0 Å². The lowest BCUT2D eigenvalue weighted by Gasteiger charge is -2.46. The largest absolute Gasteiger partial charge is 0.463 e. The van der Waals surface area contributed by atoms with Gasteiger partial charge in [-0.15, -0.1) is 10.1 Å². The van der Waals surface area contributed by atoms with Crippen molar-refractivity contribution in [2.75, 3.05) is 6.61 Å². The van der Waals surface area contributed by atoms with Gasteiger partial charge in [-0.1, -0.05) is 12.1 Å². The zero-order chi connectivity index (χ0) is 45.3. The number of benzene rings is 2. The fourth-order valence-corrected chi connectivity index (χ4v) is 5.60. The Hall–Kier alpha value is -5.84. The van der Waals surface area contributed by atoms with E-state index in [4.69, 9.17) is 37.7 Å². The van der Waals surface area contributed by atoms with Crippen LogP contribution in [-0.4, -0.2) is 66.0 Å². The molecule has 0 amide bonds. The molecule has 17 nitrogen and oxygen atoms in total. The van der Waals surface area contributed by atoms with Gasteiger partial charge in [0.25, 0.3) is 5.09 Å². The molecule has 1 saturated heterocycles. The second kappa shape index (κ2) is 17.4. The first-order chi connectivity index (χ1) is 27.5. The second-order valence-electron chi connectivity index (χ2n) is 18.6. The molecule has 1 fully saturated rings. The molecular weight excluding hydrogens is 786 g/mol. The van der Waals surface area contributed by atoms with Crippen LogP contribution in [0.3, 0.4) is 0 Å². The molecule has 2 heterocycles. The summed E-state index contributed by atoms with van der Waals surface area (Å²) < 4.78 is 41.7. The van der Waals surface area contributed by atoms with E-state index in [1.807, 2.05) is 0 Å². The van der Waals surface area contributed by atoms with E-state index in [-0.39, 0.29) is 33.6 Å². The molecule has 60 heavy (non-hydrogen) atoms. The minimum absolute atomic E-state index is 0.0751. The molecule has 0 saturated carbocycles. The van der Waals surface area contributed by atoms with Gasteiger partial charge < -0.3 is 37.7 Å². The number of esters is 5. The molecule has 1 aliphatic rings. The monoisotopic (exact) mass is 839 g/mol. The minimum Gasteiger partial charge on any atom is -0.463 e. The van der Waals surface area contributed by atoms with Crippen molar-refractivity contribution < 1.29 is 66.7 Å². The number of rotatable bonds is 10. The molecule has 0 radical (unpaired) electrons. The Kier molecular flexibility index (Phi) is 13.6. The number of carbonyl (C=O) groups excluding carboxylic acids is 5. The first-order valence-electron chi connectivity index (χ1n) is 19.2. The summed E-state index contributed by atoms with van der Waals surface area (Å²) in [6.45, 7) is 19.3. The Morgan fingerprint density at radius 3 is 1.67 bits per heavy atom. The van der Waals surface area contributed by atoms with Crippen molar-refractivity contribution in [1.29, 1.82) is 0 Å². The average Bonchev–Trinajstić information content (AvgIpc) is 3.11. The van der Waals surface area contributed by atoms with Crippen molar-refractivity contribution in [3.8, 4) is 22.6 Å². The van der Waals surface area contributed by atoms with Crippen LogP contribution in [0.15, 0.2) is 51.9 Å². The average molecular weight is 840 g/mol. The van der Waals surface area contributed by atoms with Gasteiger partial charge in [-0.2, -0.15) is 0 Å². The number of carbonyl (C=O) groups is 5. The van der Waals surface area contributed by atoms with Crippen LogP contribution in [0.5, 0.6) is 11.5 Å². The summed E-state index contributed by atoms with van der Waals surface area (Å²) in [5.74, 6) is -3.79. The van der Waals surface area contributed by atoms with E-state index in [1.54, 1.807) is 95.2 Å². The van der Waals surface area contributed by atoms with Gasteiger partial charge in [0.15, 0.2) is 18.3 Å². The van der Waals surface area contributed by atoms with Crippen molar-refractivity contribution in [2.24, 2.45) is 21.7 Å². The van der Waals surface area contributed by atoms with Gasteiger partial charge in [0, 0.05) is 6.92 Å². The third-order valence-corrected chi connectivity index (χ3v) is 9.01. The highest BCUT2D eigenvalue weighted by Crippen LogP contribution is 2.45. The standard InChI is InChI=1S/C43H53NO16/c1-22(45)55-27-19-18-25-30(46)26(23-14-16-24(17-15-23)56-36(47)40(2,3)4)20-53-31(25)29(27)33-35(60-39(50)43(11,12)13)34(59-38(49)42(8,9)10)32(58-37(48)41(5,6)7)28(57-33)21-54-44(51)52/h14-20,28,32-35H,21H2,1-13H3/t28-,32-,33+,34+,35+/m1/s1. The van der Waals surface area contributed by atoms with E-state index < -0.39 is 99.1 Å². The van der Waals surface area contributed by atoms with Crippen LogP contribution >= 0.6 is 0 Å². The quantitative estimate of drug-likeness (QED) is 0.0668. The molecule has 1 aliphatic heterocycles. The molecular formula is C43H53NO16. The smallest absolute Gasteiger partial charge is 0.316 e. The third kappa shape index (κ3) is 11.0. The summed E-state index contributed by atoms with van der Waals surface area (Å²) in [5, 5.41) is 10.4. The van der Waals surface area contributed by atoms with Crippen LogP contribution in [-0.2, 0) is 47.8 Å². The van der Waals surface area contributed by atoms with E-state index in [9.17, 15) is 38.9 Å². The summed E-state index contributed by atoms with van der Waals surface area (Å²) >= 11 is 0. The topological polar surface area (TPSA) is 223 Å². The van der Waals surface area contributed by atoms with Crippen molar-refractivity contribution >= 4 is 40.8 Å². The van der Waals surface area contributed by atoms with E-state index in [2.05, 4.69) is 0 Å². The van der Waals surface area contributed by atoms with E-state index in [1.165, 1.54) is 24.3 Å². The van der Waals surface area contributed by atoms with Crippen LogP contribution in [0, 0.1) is 31.8 Å². The third-order valence-electron chi connectivity index (χ3n) is 9.01. The highest BCUT2D eigenvalue weighted by Gasteiger charge is 2.56. The first-order valence-corrected chi connectivity index (χ1v) is 19.2. The van der Waals surface area contributed by atoms with Gasteiger partial charge in [0.2, 0.25) is 5.43 Å². The maximum atomic E-state index is 14.3. The summed E-state index contributed by atoms with van der Waals surface area (Å²) in [7, 11) is 0. The summed E-state index contributed by atoms with van der Waals surface area (Å²) in [4.78, 5) is 96.7. The lowest BCUT2D eigenvalue weighted by Crippen LogP contribution is -2.61. The van der Waals surface area contributed by atoms with Gasteiger partial charge >= 0.3 is 29.8 Å². The molecule has 326 valence electrons. The molecule has 0 N–H and O–H groups in total. The molecule has 2 aromatic carbocycles. The Labute approximate surface area is 347 Å². The molecule has 0 spiro atoms. The molecule has 0 bridgehead atoms. The molecule has 17 heteroatoms. The van der Waals surface area contributed by atoms with Crippen molar-refractivity contribution in [1.82, 2.24) is 0 Å². The van der Waals surface area contributed by atoms with Gasteiger partial charge in [-0.25, -0.2) is 0 Å². The molecule has 5 atom stereocenters. The molecule has 1 aromatic heterocycles. The predicted octanol–water partition coefficient (Wildman–Crippen LogP) is 6.86. The summed E-state index contributed by atoms with van der Waals surface area (Å²) in [6.07, 6.45) is -7.37. The van der Waals surface area contributed by atoms with Crippen molar-refractivity contribution in [2.45, 2.75) is 121 Å². The Morgan fingerprint density at radius 2 is 1.18 bits per heavy atom. The predicted molar refractivity (Wildman–Crippen MR) is 213 cm³/mol. The van der Waals surface area contributed by atoms with Gasteiger partial charge in [0.05, 0.1) is 38.2 Å². The number of nitrogens with zero attached hydrogens (tertiary/aromatic N) is 1. The molecule has 0 unspecified atom stereocenters. The number of hydrogen-bond acceptors (Lipinski definition) is 16. The maximum Gasteiger partial charge on any atom is 0.316 e. The highest BCUT2D eigenvalue weighted by atomic mass is 17.0. The first kappa shape index (κ1) is 46.8. The summed E-state index contributed by atoms with van der Waals surface area (Å²) in [6, 6.07) is 8.75. The lowest BCUT2D eigenvalue weighted by molar-refractivity contribution is -0.760. The lowest BCUT2D eigenvalue weighted by atomic mass is 9.87. The van der Waals surface area contributed by atoms with Gasteiger partial charge in [-0.05, 0) is 113 Å².